The maximum atomic E-state index is 13.4. The molecule has 0 aromatic heterocycles. The van der Waals surface area contributed by atoms with Crippen molar-refractivity contribution in [1.29, 1.82) is 0 Å². The number of ether oxygens (including phenoxy) is 1. The van der Waals surface area contributed by atoms with E-state index in [-0.39, 0.29) is 5.82 Å². The molecule has 1 N–H and O–H groups in total. The summed E-state index contributed by atoms with van der Waals surface area (Å²) in [5.41, 5.74) is 1.80. The fraction of sp³-hybridized carbons (Fsp3) is 0.200. The summed E-state index contributed by atoms with van der Waals surface area (Å²) >= 11 is 0. The van der Waals surface area contributed by atoms with Crippen LogP contribution in [0.25, 0.3) is 0 Å². The number of hydrogen-bond acceptors (Lipinski definition) is 2. The van der Waals surface area contributed by atoms with Gasteiger partial charge in [-0.15, -0.1) is 0 Å². The van der Waals surface area contributed by atoms with Gasteiger partial charge in [0.05, 0.1) is 0 Å². The smallest absolute Gasteiger partial charge is 0.130 e. The van der Waals surface area contributed by atoms with Crippen molar-refractivity contribution in [2.24, 2.45) is 0 Å². The second-order valence-electron chi connectivity index (χ2n) is 4.19. The third kappa shape index (κ3) is 3.08. The van der Waals surface area contributed by atoms with E-state index in [4.69, 9.17) is 4.74 Å². The minimum atomic E-state index is -0.251. The van der Waals surface area contributed by atoms with Crippen LogP contribution in [-0.4, -0.2) is 7.05 Å². The Bertz CT molecular complexity index is 523. The molecule has 2 aromatic carbocycles. The lowest BCUT2D eigenvalue weighted by Crippen LogP contribution is -2.04. The summed E-state index contributed by atoms with van der Waals surface area (Å²) in [4.78, 5) is 0. The molecule has 0 saturated heterocycles. The van der Waals surface area contributed by atoms with Gasteiger partial charge in [-0.1, -0.05) is 18.2 Å². The second-order valence-corrected chi connectivity index (χ2v) is 4.19. The van der Waals surface area contributed by atoms with Gasteiger partial charge in [0.25, 0.3) is 0 Å². The first kappa shape index (κ1) is 12.6. The molecule has 0 aliphatic heterocycles. The van der Waals surface area contributed by atoms with Crippen LogP contribution in [0.15, 0.2) is 42.5 Å². The standard InChI is InChI=1S/C15H16FNO/c1-11-3-6-14(9-15(11)16)18-13-7-4-12(5-8-13)10-17-2/h3-9,17H,10H2,1-2H3. The molecular formula is C15H16FNO. The van der Waals surface area contributed by atoms with Crippen LogP contribution in [0.3, 0.4) is 0 Å². The van der Waals surface area contributed by atoms with E-state index < -0.39 is 0 Å². The number of rotatable bonds is 4. The van der Waals surface area contributed by atoms with E-state index >= 15 is 0 Å². The largest absolute Gasteiger partial charge is 0.457 e. The van der Waals surface area contributed by atoms with Crippen LogP contribution in [0.5, 0.6) is 11.5 Å². The Hall–Kier alpha value is -1.87. The molecular weight excluding hydrogens is 229 g/mol. The van der Waals surface area contributed by atoms with Gasteiger partial charge in [0.15, 0.2) is 0 Å². The summed E-state index contributed by atoms with van der Waals surface area (Å²) in [5, 5.41) is 3.08. The summed E-state index contributed by atoms with van der Waals surface area (Å²) in [5.74, 6) is 0.969. The van der Waals surface area contributed by atoms with Crippen LogP contribution in [0.1, 0.15) is 11.1 Å². The quantitative estimate of drug-likeness (QED) is 0.887. The van der Waals surface area contributed by atoms with Gasteiger partial charge in [0.2, 0.25) is 0 Å². The van der Waals surface area contributed by atoms with Gasteiger partial charge in [-0.3, -0.25) is 0 Å². The maximum Gasteiger partial charge on any atom is 0.130 e. The van der Waals surface area contributed by atoms with E-state index in [1.165, 1.54) is 11.6 Å². The number of benzene rings is 2. The molecule has 2 rings (SSSR count). The van der Waals surface area contributed by atoms with Gasteiger partial charge < -0.3 is 10.1 Å². The van der Waals surface area contributed by atoms with Gasteiger partial charge in [0.1, 0.15) is 17.3 Å². The first-order valence-electron chi connectivity index (χ1n) is 5.86. The molecule has 0 amide bonds. The van der Waals surface area contributed by atoms with Crippen LogP contribution in [-0.2, 0) is 6.54 Å². The predicted molar refractivity (Wildman–Crippen MR) is 70.4 cm³/mol. The monoisotopic (exact) mass is 245 g/mol. The van der Waals surface area contributed by atoms with Crippen molar-refractivity contribution in [2.75, 3.05) is 7.05 Å². The van der Waals surface area contributed by atoms with E-state index in [2.05, 4.69) is 5.32 Å². The lowest BCUT2D eigenvalue weighted by molar-refractivity contribution is 0.476. The molecule has 0 bridgehead atoms. The van der Waals surface area contributed by atoms with Crippen molar-refractivity contribution in [3.05, 3.63) is 59.4 Å². The summed E-state index contributed by atoms with van der Waals surface area (Å²) in [6.07, 6.45) is 0. The van der Waals surface area contributed by atoms with Gasteiger partial charge in [-0.05, 0) is 43.3 Å². The van der Waals surface area contributed by atoms with E-state index in [0.717, 1.165) is 6.54 Å². The SMILES string of the molecule is CNCc1ccc(Oc2ccc(C)c(F)c2)cc1. The molecule has 0 aliphatic carbocycles. The molecule has 18 heavy (non-hydrogen) atoms. The molecule has 2 aromatic rings. The molecule has 0 unspecified atom stereocenters. The first-order valence-corrected chi connectivity index (χ1v) is 5.86. The van der Waals surface area contributed by atoms with Gasteiger partial charge in [-0.25, -0.2) is 4.39 Å². The molecule has 0 fully saturated rings. The van der Waals surface area contributed by atoms with Gasteiger partial charge >= 0.3 is 0 Å². The molecule has 0 spiro atoms. The molecule has 0 radical (unpaired) electrons. The van der Waals surface area contributed by atoms with E-state index in [9.17, 15) is 4.39 Å². The first-order chi connectivity index (χ1) is 8.69. The van der Waals surface area contributed by atoms with Crippen LogP contribution in [0, 0.1) is 12.7 Å². The Labute approximate surface area is 106 Å². The van der Waals surface area contributed by atoms with E-state index in [0.29, 0.717) is 17.1 Å². The van der Waals surface area contributed by atoms with Crippen LogP contribution < -0.4 is 10.1 Å². The second kappa shape index (κ2) is 5.65. The highest BCUT2D eigenvalue weighted by Crippen LogP contribution is 2.23. The molecule has 94 valence electrons. The number of hydrogen-bond donors (Lipinski definition) is 1. The normalized spacial score (nSPS) is 10.4. The number of halogens is 1. The Morgan fingerprint density at radius 2 is 1.72 bits per heavy atom. The molecule has 2 nitrogen and oxygen atoms in total. The third-order valence-corrected chi connectivity index (χ3v) is 2.68. The molecule has 3 heteroatoms. The average Bonchev–Trinajstić information content (AvgIpc) is 2.37. The lowest BCUT2D eigenvalue weighted by atomic mass is 10.2. The van der Waals surface area contributed by atoms with Crippen LogP contribution in [0.2, 0.25) is 0 Å². The lowest BCUT2D eigenvalue weighted by Gasteiger charge is -2.07. The van der Waals surface area contributed by atoms with Crippen molar-refractivity contribution in [3.63, 3.8) is 0 Å². The highest BCUT2D eigenvalue weighted by molar-refractivity contribution is 5.34. The highest BCUT2D eigenvalue weighted by Gasteiger charge is 2.02. The zero-order chi connectivity index (χ0) is 13.0. The average molecular weight is 245 g/mol. The van der Waals surface area contributed by atoms with Crippen molar-refractivity contribution < 1.29 is 9.13 Å². The molecule has 0 atom stereocenters. The third-order valence-electron chi connectivity index (χ3n) is 2.68. The predicted octanol–water partition coefficient (Wildman–Crippen LogP) is 3.65. The summed E-state index contributed by atoms with van der Waals surface area (Å²) in [6.45, 7) is 2.55. The van der Waals surface area contributed by atoms with Crippen LogP contribution >= 0.6 is 0 Å². The summed E-state index contributed by atoms with van der Waals surface area (Å²) < 4.78 is 18.9. The highest BCUT2D eigenvalue weighted by atomic mass is 19.1. The fourth-order valence-electron chi connectivity index (χ4n) is 1.65. The van der Waals surface area contributed by atoms with Crippen molar-refractivity contribution in [1.82, 2.24) is 5.32 Å². The van der Waals surface area contributed by atoms with Crippen molar-refractivity contribution >= 4 is 0 Å². The number of aryl methyl sites for hydroxylation is 1. The number of nitrogens with one attached hydrogen (secondary N) is 1. The zero-order valence-corrected chi connectivity index (χ0v) is 10.5. The Morgan fingerprint density at radius 3 is 2.33 bits per heavy atom. The molecule has 0 aliphatic rings. The Kier molecular flexibility index (Phi) is 3.95. The summed E-state index contributed by atoms with van der Waals surface area (Å²) in [6, 6.07) is 12.6. The molecule has 0 heterocycles. The minimum Gasteiger partial charge on any atom is -0.457 e. The van der Waals surface area contributed by atoms with E-state index in [1.807, 2.05) is 31.3 Å². The fourth-order valence-corrected chi connectivity index (χ4v) is 1.65. The Balaban J connectivity index is 2.10. The van der Waals surface area contributed by atoms with Gasteiger partial charge in [-0.2, -0.15) is 0 Å². The Morgan fingerprint density at radius 1 is 1.06 bits per heavy atom. The van der Waals surface area contributed by atoms with Crippen molar-refractivity contribution in [2.45, 2.75) is 13.5 Å². The van der Waals surface area contributed by atoms with Crippen molar-refractivity contribution in [3.8, 4) is 11.5 Å². The minimum absolute atomic E-state index is 0.251. The maximum absolute atomic E-state index is 13.4. The van der Waals surface area contributed by atoms with Gasteiger partial charge in [0, 0.05) is 12.6 Å². The molecule has 0 saturated carbocycles. The topological polar surface area (TPSA) is 21.3 Å². The summed E-state index contributed by atoms with van der Waals surface area (Å²) in [7, 11) is 1.90. The van der Waals surface area contributed by atoms with Crippen LogP contribution in [0.4, 0.5) is 4.39 Å². The zero-order valence-electron chi connectivity index (χ0n) is 10.5. The van der Waals surface area contributed by atoms with E-state index in [1.54, 1.807) is 19.1 Å².